The maximum absolute atomic E-state index is 11.3. The molecule has 0 heterocycles. The van der Waals surface area contributed by atoms with Crippen molar-refractivity contribution >= 4 is 12.0 Å². The Morgan fingerprint density at radius 1 is 1.25 bits per heavy atom. The number of hydrogen-bond acceptors (Lipinski definition) is 2. The molecule has 16 heavy (non-hydrogen) atoms. The standard InChI is InChI=1S/C14H12O2/c15-14(16-11-13-7-4-8-13)10-9-12-5-2-1-3-6-12/h1-10H,11H2/b10-9+. The van der Waals surface area contributed by atoms with Crippen LogP contribution >= 0.6 is 0 Å². The van der Waals surface area contributed by atoms with Crippen molar-refractivity contribution in [2.45, 2.75) is 0 Å². The lowest BCUT2D eigenvalue weighted by atomic mass is 10.1. The van der Waals surface area contributed by atoms with Gasteiger partial charge in [-0.25, -0.2) is 4.79 Å². The molecule has 0 amide bonds. The number of carbonyl (C=O) groups excluding carboxylic acids is 1. The Morgan fingerprint density at radius 3 is 2.62 bits per heavy atom. The number of hydrogen-bond donors (Lipinski definition) is 0. The van der Waals surface area contributed by atoms with E-state index in [9.17, 15) is 4.79 Å². The van der Waals surface area contributed by atoms with E-state index >= 15 is 0 Å². The third-order valence-corrected chi connectivity index (χ3v) is 2.21. The van der Waals surface area contributed by atoms with E-state index in [1.807, 2.05) is 48.6 Å². The zero-order valence-corrected chi connectivity index (χ0v) is 8.80. The minimum atomic E-state index is -0.315. The van der Waals surface area contributed by atoms with Crippen molar-refractivity contribution in [3.05, 3.63) is 65.8 Å². The van der Waals surface area contributed by atoms with E-state index in [1.165, 1.54) is 6.08 Å². The van der Waals surface area contributed by atoms with Crippen LogP contribution in [0.2, 0.25) is 0 Å². The van der Waals surface area contributed by atoms with Crippen LogP contribution in [0.5, 0.6) is 0 Å². The molecular weight excluding hydrogens is 200 g/mol. The van der Waals surface area contributed by atoms with Gasteiger partial charge in [-0.1, -0.05) is 48.6 Å². The monoisotopic (exact) mass is 212 g/mol. The summed E-state index contributed by atoms with van der Waals surface area (Å²) in [5.41, 5.74) is 2.03. The fraction of sp³-hybridized carbons (Fsp3) is 0.0714. The van der Waals surface area contributed by atoms with Gasteiger partial charge >= 0.3 is 5.97 Å². The lowest BCUT2D eigenvalue weighted by Crippen LogP contribution is -2.05. The van der Waals surface area contributed by atoms with Crippen molar-refractivity contribution in [1.82, 2.24) is 0 Å². The van der Waals surface area contributed by atoms with Gasteiger partial charge in [-0.15, -0.1) is 0 Å². The van der Waals surface area contributed by atoms with Gasteiger partial charge in [0.05, 0.1) is 0 Å². The molecule has 2 rings (SSSR count). The first-order chi connectivity index (χ1) is 7.84. The molecule has 0 saturated carbocycles. The number of rotatable bonds is 4. The molecule has 0 bridgehead atoms. The second-order valence-electron chi connectivity index (χ2n) is 3.45. The third-order valence-electron chi connectivity index (χ3n) is 2.21. The molecule has 0 unspecified atom stereocenters. The molecule has 80 valence electrons. The van der Waals surface area contributed by atoms with Gasteiger partial charge in [0.1, 0.15) is 6.61 Å². The van der Waals surface area contributed by atoms with Crippen molar-refractivity contribution < 1.29 is 9.53 Å². The highest BCUT2D eigenvalue weighted by Gasteiger charge is 2.01. The zero-order chi connectivity index (χ0) is 11.2. The summed E-state index contributed by atoms with van der Waals surface area (Å²) in [7, 11) is 0. The van der Waals surface area contributed by atoms with Gasteiger partial charge in [0.25, 0.3) is 0 Å². The fourth-order valence-electron chi connectivity index (χ4n) is 1.26. The highest BCUT2D eigenvalue weighted by atomic mass is 16.5. The number of benzene rings is 1. The van der Waals surface area contributed by atoms with E-state index in [4.69, 9.17) is 4.74 Å². The van der Waals surface area contributed by atoms with Crippen LogP contribution in [0, 0.1) is 0 Å². The average molecular weight is 212 g/mol. The molecule has 1 aliphatic rings. The van der Waals surface area contributed by atoms with Crippen molar-refractivity contribution in [3.63, 3.8) is 0 Å². The summed E-state index contributed by atoms with van der Waals surface area (Å²) >= 11 is 0. The molecule has 2 heteroatoms. The van der Waals surface area contributed by atoms with Crippen LogP contribution in [0.25, 0.3) is 6.08 Å². The second-order valence-corrected chi connectivity index (χ2v) is 3.45. The van der Waals surface area contributed by atoms with Gasteiger partial charge in [-0.05, 0) is 17.2 Å². The van der Waals surface area contributed by atoms with Crippen molar-refractivity contribution in [2.75, 3.05) is 6.61 Å². The van der Waals surface area contributed by atoms with Gasteiger partial charge in [0, 0.05) is 6.08 Å². The SMILES string of the molecule is O=C(/C=C/c1ccccc1)OCC1=CC=C1. The summed E-state index contributed by atoms with van der Waals surface area (Å²) in [5, 5.41) is 0. The van der Waals surface area contributed by atoms with Gasteiger partial charge in [-0.3, -0.25) is 0 Å². The van der Waals surface area contributed by atoms with Crippen LogP contribution in [0.1, 0.15) is 5.56 Å². The first-order valence-corrected chi connectivity index (χ1v) is 5.12. The number of esters is 1. The van der Waals surface area contributed by atoms with Crippen LogP contribution in [0.15, 0.2) is 60.2 Å². The highest BCUT2D eigenvalue weighted by molar-refractivity contribution is 5.87. The molecule has 1 aliphatic carbocycles. The maximum atomic E-state index is 11.3. The Kier molecular flexibility index (Phi) is 3.34. The van der Waals surface area contributed by atoms with E-state index in [2.05, 4.69) is 0 Å². The van der Waals surface area contributed by atoms with Gasteiger partial charge < -0.3 is 4.74 Å². The van der Waals surface area contributed by atoms with E-state index in [0.717, 1.165) is 11.1 Å². The molecule has 0 spiro atoms. The molecule has 1 aromatic rings. The summed E-state index contributed by atoms with van der Waals surface area (Å²) in [6.07, 6.45) is 8.96. The highest BCUT2D eigenvalue weighted by Crippen LogP contribution is 2.08. The molecule has 0 radical (unpaired) electrons. The van der Waals surface area contributed by atoms with Gasteiger partial charge in [-0.2, -0.15) is 0 Å². The molecule has 2 nitrogen and oxygen atoms in total. The summed E-state index contributed by atoms with van der Waals surface area (Å²) in [6.45, 7) is 0.356. The second kappa shape index (κ2) is 5.12. The minimum Gasteiger partial charge on any atom is -0.458 e. The normalized spacial score (nSPS) is 13.4. The topological polar surface area (TPSA) is 26.3 Å². The predicted molar refractivity (Wildman–Crippen MR) is 63.7 cm³/mol. The summed E-state index contributed by atoms with van der Waals surface area (Å²) in [5.74, 6) is -0.315. The molecule has 1 aromatic carbocycles. The smallest absolute Gasteiger partial charge is 0.331 e. The lowest BCUT2D eigenvalue weighted by Gasteiger charge is -2.06. The summed E-state index contributed by atoms with van der Waals surface area (Å²) < 4.78 is 5.02. The average Bonchev–Trinajstić information content (AvgIpc) is 2.26. The molecular formula is C14H12O2. The third kappa shape index (κ3) is 2.95. The summed E-state index contributed by atoms with van der Waals surface area (Å²) in [6, 6.07) is 9.65. The zero-order valence-electron chi connectivity index (χ0n) is 8.80. The first kappa shape index (κ1) is 10.4. The van der Waals surface area contributed by atoms with Gasteiger partial charge in [0.15, 0.2) is 0 Å². The number of allylic oxidation sites excluding steroid dienone is 2. The Bertz CT molecular complexity index is 453. The number of carbonyl (C=O) groups is 1. The quantitative estimate of drug-likeness (QED) is 0.566. The Morgan fingerprint density at radius 2 is 2.00 bits per heavy atom. The molecule has 0 aromatic heterocycles. The fourth-order valence-corrected chi connectivity index (χ4v) is 1.26. The molecule has 0 fully saturated rings. The Labute approximate surface area is 94.6 Å². The van der Waals surface area contributed by atoms with Crippen LogP contribution in [-0.4, -0.2) is 12.6 Å². The molecule has 0 aliphatic heterocycles. The van der Waals surface area contributed by atoms with E-state index in [0.29, 0.717) is 6.61 Å². The van der Waals surface area contributed by atoms with Crippen LogP contribution < -0.4 is 0 Å². The van der Waals surface area contributed by atoms with E-state index in [1.54, 1.807) is 6.08 Å². The maximum Gasteiger partial charge on any atom is 0.331 e. The van der Waals surface area contributed by atoms with Crippen LogP contribution in [-0.2, 0) is 9.53 Å². The largest absolute Gasteiger partial charge is 0.458 e. The lowest BCUT2D eigenvalue weighted by molar-refractivity contribution is -0.136. The Balaban J connectivity index is 1.80. The van der Waals surface area contributed by atoms with Crippen LogP contribution in [0.3, 0.4) is 0 Å². The Hall–Kier alpha value is -2.09. The predicted octanol–water partition coefficient (Wildman–Crippen LogP) is 2.74. The first-order valence-electron chi connectivity index (χ1n) is 5.12. The molecule has 0 N–H and O–H groups in total. The van der Waals surface area contributed by atoms with Crippen LogP contribution in [0.4, 0.5) is 0 Å². The summed E-state index contributed by atoms with van der Waals surface area (Å²) in [4.78, 5) is 11.3. The van der Waals surface area contributed by atoms with E-state index < -0.39 is 0 Å². The van der Waals surface area contributed by atoms with Crippen molar-refractivity contribution in [3.8, 4) is 0 Å². The molecule has 0 saturated heterocycles. The van der Waals surface area contributed by atoms with Crippen molar-refractivity contribution in [2.24, 2.45) is 0 Å². The van der Waals surface area contributed by atoms with Crippen molar-refractivity contribution in [1.29, 1.82) is 0 Å². The van der Waals surface area contributed by atoms with Gasteiger partial charge in [0.2, 0.25) is 0 Å². The minimum absolute atomic E-state index is 0.315. The molecule has 0 atom stereocenters. The van der Waals surface area contributed by atoms with E-state index in [-0.39, 0.29) is 5.97 Å². The number of ether oxygens (including phenoxy) is 1.